The molecule has 1 saturated heterocycles. The minimum Gasteiger partial charge on any atom is -0.434 e. The van der Waals surface area contributed by atoms with Crippen molar-refractivity contribution in [1.82, 2.24) is 19.3 Å². The average Bonchev–Trinajstić information content (AvgIpc) is 3.52. The minimum atomic E-state index is -3.03. The van der Waals surface area contributed by atoms with Gasteiger partial charge in [-0.2, -0.15) is 8.78 Å². The van der Waals surface area contributed by atoms with Gasteiger partial charge in [0.15, 0.2) is 0 Å². The number of nitrogens with zero attached hydrogens (tertiary/aromatic N) is 5. The van der Waals surface area contributed by atoms with Gasteiger partial charge in [-0.15, -0.1) is 0 Å². The number of aliphatic hydroxyl groups is 1. The lowest BCUT2D eigenvalue weighted by Crippen LogP contribution is -2.42. The summed E-state index contributed by atoms with van der Waals surface area (Å²) < 4.78 is 38.8. The first-order valence-corrected chi connectivity index (χ1v) is 14.1. The Kier molecular flexibility index (Phi) is 8.25. The Morgan fingerprint density at radius 1 is 1.31 bits per heavy atom. The highest BCUT2D eigenvalue weighted by molar-refractivity contribution is 5.98. The fraction of sp³-hybridized carbons (Fsp3) is 0.419. The number of hydrogen-bond donors (Lipinski definition) is 1. The molecule has 2 unspecified atom stereocenters. The fourth-order valence-corrected chi connectivity index (χ4v) is 5.97. The first-order valence-electron chi connectivity index (χ1n) is 14.1. The van der Waals surface area contributed by atoms with E-state index in [-0.39, 0.29) is 17.7 Å². The number of aliphatic imine (C=N–C) groups is 1. The Morgan fingerprint density at radius 2 is 2.05 bits per heavy atom. The summed E-state index contributed by atoms with van der Waals surface area (Å²) >= 11 is 0. The van der Waals surface area contributed by atoms with Gasteiger partial charge >= 0.3 is 6.61 Å². The van der Waals surface area contributed by atoms with E-state index >= 15 is 0 Å². The maximum atomic E-state index is 13.4. The van der Waals surface area contributed by atoms with E-state index in [1.165, 1.54) is 6.07 Å². The molecule has 2 aromatic heterocycles. The summed E-state index contributed by atoms with van der Waals surface area (Å²) in [6.07, 6.45) is 8.28. The lowest BCUT2D eigenvalue weighted by Gasteiger charge is -2.31. The topological polar surface area (TPSA) is 102 Å². The van der Waals surface area contributed by atoms with E-state index in [2.05, 4.69) is 16.6 Å². The van der Waals surface area contributed by atoms with E-state index in [0.717, 1.165) is 5.69 Å². The predicted octanol–water partition coefficient (Wildman–Crippen LogP) is 5.55. The molecule has 2 atom stereocenters. The summed E-state index contributed by atoms with van der Waals surface area (Å²) in [5, 5.41) is 10.9. The summed E-state index contributed by atoms with van der Waals surface area (Å²) in [4.78, 5) is 28.8. The molecule has 0 saturated carbocycles. The number of fused-ring (bicyclic) bond motifs is 9. The van der Waals surface area contributed by atoms with Crippen molar-refractivity contribution in [2.45, 2.75) is 64.2 Å². The molecule has 2 bridgehead atoms. The zero-order chi connectivity index (χ0) is 30.2. The molecule has 9 nitrogen and oxygen atoms in total. The average molecular weight is 580 g/mol. The summed E-state index contributed by atoms with van der Waals surface area (Å²) in [5.41, 5.74) is 3.19. The molecule has 1 N–H and O–H groups in total. The summed E-state index contributed by atoms with van der Waals surface area (Å²) in [6.45, 7) is 7.65. The Morgan fingerprint density at radius 3 is 2.74 bits per heavy atom. The Balaban J connectivity index is 0.00000173. The van der Waals surface area contributed by atoms with Crippen LogP contribution in [0.1, 0.15) is 84.9 Å². The van der Waals surface area contributed by atoms with Gasteiger partial charge in [0.25, 0.3) is 5.91 Å². The third kappa shape index (κ3) is 5.00. The molecule has 0 spiro atoms. The second-order valence-corrected chi connectivity index (χ2v) is 10.4. The van der Waals surface area contributed by atoms with Crippen molar-refractivity contribution in [1.29, 1.82) is 0 Å². The van der Waals surface area contributed by atoms with Gasteiger partial charge in [-0.25, -0.2) is 9.97 Å². The molecule has 6 rings (SSSR count). The van der Waals surface area contributed by atoms with Gasteiger partial charge in [0.05, 0.1) is 17.4 Å². The number of alkyl halides is 2. The van der Waals surface area contributed by atoms with Crippen molar-refractivity contribution < 1.29 is 28.2 Å². The summed E-state index contributed by atoms with van der Waals surface area (Å²) in [6, 6.07) is 4.32. The molecule has 222 valence electrons. The lowest BCUT2D eigenvalue weighted by molar-refractivity contribution is -0.0506. The van der Waals surface area contributed by atoms with E-state index in [9.17, 15) is 18.7 Å². The number of aromatic nitrogens is 3. The van der Waals surface area contributed by atoms with E-state index in [1.807, 2.05) is 24.4 Å². The zero-order valence-corrected chi connectivity index (χ0v) is 24.2. The number of benzene rings is 1. The van der Waals surface area contributed by atoms with Crippen LogP contribution < -0.4 is 4.74 Å². The van der Waals surface area contributed by atoms with Gasteiger partial charge in [-0.05, 0) is 25.5 Å². The van der Waals surface area contributed by atoms with Crippen LogP contribution in [-0.2, 0) is 4.74 Å². The maximum Gasteiger partial charge on any atom is 0.387 e. The number of imidazole rings is 1. The Bertz CT molecular complexity index is 1570. The molecule has 42 heavy (non-hydrogen) atoms. The number of hydrogen-bond acceptors (Lipinski definition) is 7. The smallest absolute Gasteiger partial charge is 0.387 e. The normalized spacial score (nSPS) is 21.4. The van der Waals surface area contributed by atoms with Crippen molar-refractivity contribution in [3.8, 4) is 5.75 Å². The number of rotatable bonds is 6. The van der Waals surface area contributed by atoms with E-state index in [0.29, 0.717) is 71.9 Å². The van der Waals surface area contributed by atoms with Gasteiger partial charge in [0.2, 0.25) is 5.78 Å². The molecule has 2 aliphatic heterocycles. The van der Waals surface area contributed by atoms with Crippen LogP contribution >= 0.6 is 0 Å². The molecule has 4 heterocycles. The van der Waals surface area contributed by atoms with E-state index in [1.54, 1.807) is 49.5 Å². The predicted molar refractivity (Wildman–Crippen MR) is 155 cm³/mol. The van der Waals surface area contributed by atoms with Gasteiger partial charge in [-0.3, -0.25) is 14.2 Å². The molecule has 1 aromatic carbocycles. The van der Waals surface area contributed by atoms with Gasteiger partial charge in [-0.1, -0.05) is 32.6 Å². The van der Waals surface area contributed by atoms with Gasteiger partial charge in [0, 0.05) is 85.6 Å². The van der Waals surface area contributed by atoms with Crippen LogP contribution in [0.4, 0.5) is 8.78 Å². The Labute approximate surface area is 243 Å². The third-order valence-electron chi connectivity index (χ3n) is 8.24. The molecule has 1 amide bonds. The first-order chi connectivity index (χ1) is 20.2. The second-order valence-electron chi connectivity index (χ2n) is 10.4. The van der Waals surface area contributed by atoms with Gasteiger partial charge in [0.1, 0.15) is 11.4 Å². The highest BCUT2D eigenvalue weighted by atomic mass is 19.3. The number of ether oxygens (including phenoxy) is 2. The number of amides is 1. The highest BCUT2D eigenvalue weighted by Crippen LogP contribution is 2.52. The largest absolute Gasteiger partial charge is 0.434 e. The molecular formula is C31H35F2N5O4. The van der Waals surface area contributed by atoms with Crippen molar-refractivity contribution in [2.24, 2.45) is 4.99 Å². The molecular weight excluding hydrogens is 544 g/mol. The lowest BCUT2D eigenvalue weighted by atomic mass is 9.90. The van der Waals surface area contributed by atoms with Crippen LogP contribution in [0.3, 0.4) is 0 Å². The quantitative estimate of drug-likeness (QED) is 0.304. The fourth-order valence-electron chi connectivity index (χ4n) is 5.97. The van der Waals surface area contributed by atoms with Crippen LogP contribution in [0.25, 0.3) is 11.4 Å². The molecule has 3 aromatic rings. The number of carbonyl (C=O) groups excluding carboxylic acids is 1. The SMILES string of the molecule is C=C/C(=C\N=C(C)C1(O)CCOCC1)c1cnc2nc3c(n2c1)C1CC3N(C)C(=O)c2cccc(OC(F)F)c21.CC. The van der Waals surface area contributed by atoms with Crippen LogP contribution in [0, 0.1) is 0 Å². The second kappa shape index (κ2) is 11.7. The molecule has 0 radical (unpaired) electrons. The summed E-state index contributed by atoms with van der Waals surface area (Å²) in [5.74, 6) is -0.270. The minimum absolute atomic E-state index is 0.0191. The van der Waals surface area contributed by atoms with Crippen molar-refractivity contribution in [3.05, 3.63) is 77.5 Å². The van der Waals surface area contributed by atoms with E-state index in [4.69, 9.17) is 14.5 Å². The molecule has 3 aliphatic rings. The molecule has 1 aliphatic carbocycles. The van der Waals surface area contributed by atoms with Crippen LogP contribution in [0.2, 0.25) is 0 Å². The Hall–Kier alpha value is -3.96. The molecule has 1 fully saturated rings. The highest BCUT2D eigenvalue weighted by Gasteiger charge is 2.46. The number of allylic oxidation sites excluding steroid dienone is 2. The van der Waals surface area contributed by atoms with Crippen molar-refractivity contribution >= 4 is 23.0 Å². The van der Waals surface area contributed by atoms with Crippen LogP contribution in [-0.4, -0.2) is 68.5 Å². The maximum absolute atomic E-state index is 13.4. The van der Waals surface area contributed by atoms with Crippen molar-refractivity contribution in [3.63, 3.8) is 0 Å². The van der Waals surface area contributed by atoms with Crippen LogP contribution in [0.15, 0.2) is 54.4 Å². The molecule has 11 heteroatoms. The standard InChI is InChI=1S/C29H29F2N5O4.C2H6/c1-4-17(13-32-16(2)29(38)8-10-39-11-9-29)18-14-33-28-34-24-21-12-20(25(24)36(28)15-18)23-19(26(37)35(21)3)6-5-7-22(23)40-27(30)31;1-2/h4-7,13-15,20-21,27,38H,1,8-12H2,2-3H3;1-2H3/b17-13+,32-16?;. The van der Waals surface area contributed by atoms with Gasteiger partial charge < -0.3 is 19.5 Å². The number of carbonyl (C=O) groups is 1. The van der Waals surface area contributed by atoms with Crippen LogP contribution in [0.5, 0.6) is 5.75 Å². The monoisotopic (exact) mass is 579 g/mol. The van der Waals surface area contributed by atoms with Crippen molar-refractivity contribution in [2.75, 3.05) is 20.3 Å². The third-order valence-corrected chi connectivity index (χ3v) is 8.24. The summed E-state index contributed by atoms with van der Waals surface area (Å²) in [7, 11) is 1.70. The number of halogens is 2. The first kappa shape index (κ1) is 29.5. The zero-order valence-electron chi connectivity index (χ0n) is 24.2. The van der Waals surface area contributed by atoms with E-state index < -0.39 is 18.1 Å².